The summed E-state index contributed by atoms with van der Waals surface area (Å²) in [7, 11) is 0. The van der Waals surface area contributed by atoms with Gasteiger partial charge in [-0.15, -0.1) is 0 Å². The first kappa shape index (κ1) is 15.8. The number of hydrogen-bond donors (Lipinski definition) is 3. The van der Waals surface area contributed by atoms with Crippen LogP contribution in [0.5, 0.6) is 0 Å². The van der Waals surface area contributed by atoms with Crippen LogP contribution in [0.1, 0.15) is 29.1 Å². The van der Waals surface area contributed by atoms with Crippen molar-refractivity contribution in [3.8, 4) is 0 Å². The number of nitrogens with zero attached hydrogens (tertiary/aromatic N) is 1. The summed E-state index contributed by atoms with van der Waals surface area (Å²) in [6.07, 6.45) is 0. The summed E-state index contributed by atoms with van der Waals surface area (Å²) in [6.45, 7) is 5.94. The molecule has 0 unspecified atom stereocenters. The Balaban J connectivity index is 2.18. The number of aromatic nitrogens is 1. The Morgan fingerprint density at radius 1 is 1.43 bits per heavy atom. The number of nitrogens with one attached hydrogen (secondary N) is 2. The van der Waals surface area contributed by atoms with Crippen LogP contribution in [0.2, 0.25) is 0 Å². The van der Waals surface area contributed by atoms with Crippen molar-refractivity contribution in [2.45, 2.75) is 26.8 Å². The molecule has 4 N–H and O–H groups in total. The number of anilines is 3. The van der Waals surface area contributed by atoms with Crippen LogP contribution in [0.25, 0.3) is 0 Å². The average Bonchev–Trinajstić information content (AvgIpc) is 2.72. The van der Waals surface area contributed by atoms with E-state index in [9.17, 15) is 4.79 Å². The molecule has 0 saturated heterocycles. The van der Waals surface area contributed by atoms with Gasteiger partial charge in [0.2, 0.25) is 0 Å². The van der Waals surface area contributed by atoms with Crippen molar-refractivity contribution in [3.05, 3.63) is 33.1 Å². The van der Waals surface area contributed by atoms with E-state index in [0.717, 1.165) is 15.7 Å². The number of amides is 1. The SMILES string of the molecule is Cc1cc(Br)ccc1NC(=O)c1sc(NC(C)C)nc1N. The molecule has 0 bridgehead atoms. The van der Waals surface area contributed by atoms with Crippen molar-refractivity contribution >= 4 is 49.8 Å². The predicted octanol–water partition coefficient (Wildman–Crippen LogP) is 3.87. The average molecular weight is 369 g/mol. The fourth-order valence-electron chi connectivity index (χ4n) is 1.75. The van der Waals surface area contributed by atoms with Crippen LogP contribution >= 0.6 is 27.3 Å². The van der Waals surface area contributed by atoms with E-state index in [0.29, 0.717) is 10.0 Å². The van der Waals surface area contributed by atoms with Gasteiger partial charge in [0.15, 0.2) is 5.13 Å². The van der Waals surface area contributed by atoms with Gasteiger partial charge in [0, 0.05) is 16.2 Å². The quantitative estimate of drug-likeness (QED) is 0.764. The van der Waals surface area contributed by atoms with Crippen LogP contribution in [0.3, 0.4) is 0 Å². The number of aryl methyl sites for hydroxylation is 1. The van der Waals surface area contributed by atoms with Gasteiger partial charge in [-0.25, -0.2) is 4.98 Å². The van der Waals surface area contributed by atoms with E-state index in [1.54, 1.807) is 0 Å². The number of nitrogens with two attached hydrogens (primary N) is 1. The number of benzene rings is 1. The monoisotopic (exact) mass is 368 g/mol. The van der Waals surface area contributed by atoms with Gasteiger partial charge in [0.05, 0.1) is 0 Å². The molecule has 0 aliphatic carbocycles. The second kappa shape index (κ2) is 6.44. The molecule has 112 valence electrons. The largest absolute Gasteiger partial charge is 0.382 e. The van der Waals surface area contributed by atoms with Crippen LogP contribution in [0.15, 0.2) is 22.7 Å². The minimum atomic E-state index is -0.243. The number of carbonyl (C=O) groups is 1. The predicted molar refractivity (Wildman–Crippen MR) is 92.1 cm³/mol. The zero-order valence-corrected chi connectivity index (χ0v) is 14.4. The molecule has 7 heteroatoms. The fourth-order valence-corrected chi connectivity index (χ4v) is 3.15. The molecule has 2 aromatic rings. The molecule has 1 aromatic carbocycles. The van der Waals surface area contributed by atoms with Gasteiger partial charge in [-0.3, -0.25) is 4.79 Å². The molecular formula is C14H17BrN4OS. The number of hydrogen-bond acceptors (Lipinski definition) is 5. The van der Waals surface area contributed by atoms with Gasteiger partial charge >= 0.3 is 0 Å². The van der Waals surface area contributed by atoms with Crippen LogP contribution < -0.4 is 16.4 Å². The summed E-state index contributed by atoms with van der Waals surface area (Å²) < 4.78 is 0.971. The maximum Gasteiger partial charge on any atom is 0.269 e. The zero-order valence-electron chi connectivity index (χ0n) is 12.0. The van der Waals surface area contributed by atoms with Crippen molar-refractivity contribution in [1.82, 2.24) is 4.98 Å². The molecular weight excluding hydrogens is 352 g/mol. The van der Waals surface area contributed by atoms with Gasteiger partial charge in [-0.05, 0) is 44.5 Å². The molecule has 0 spiro atoms. The van der Waals surface area contributed by atoms with Crippen molar-refractivity contribution in [2.75, 3.05) is 16.4 Å². The number of thiazole rings is 1. The molecule has 0 atom stereocenters. The Morgan fingerprint density at radius 2 is 2.14 bits per heavy atom. The van der Waals surface area contributed by atoms with Crippen LogP contribution in [-0.4, -0.2) is 16.9 Å². The molecule has 1 amide bonds. The van der Waals surface area contributed by atoms with Gasteiger partial charge < -0.3 is 16.4 Å². The van der Waals surface area contributed by atoms with Crippen molar-refractivity contribution in [2.24, 2.45) is 0 Å². The number of halogens is 1. The summed E-state index contributed by atoms with van der Waals surface area (Å²) in [4.78, 5) is 16.9. The molecule has 1 aromatic heterocycles. The summed E-state index contributed by atoms with van der Waals surface area (Å²) in [5.74, 6) is 0.00245. The highest BCUT2D eigenvalue weighted by Crippen LogP contribution is 2.27. The standard InChI is InChI=1S/C14H17BrN4OS/c1-7(2)17-14-19-12(16)11(21-14)13(20)18-10-5-4-9(15)6-8(10)3/h4-7H,16H2,1-3H3,(H,17,19)(H,18,20). The molecule has 0 saturated carbocycles. The summed E-state index contributed by atoms with van der Waals surface area (Å²) >= 11 is 4.65. The highest BCUT2D eigenvalue weighted by atomic mass is 79.9. The highest BCUT2D eigenvalue weighted by Gasteiger charge is 2.17. The summed E-state index contributed by atoms with van der Waals surface area (Å²) in [5.41, 5.74) is 7.56. The summed E-state index contributed by atoms with van der Waals surface area (Å²) in [5, 5.41) is 6.66. The topological polar surface area (TPSA) is 80.0 Å². The van der Waals surface area contributed by atoms with Crippen LogP contribution in [-0.2, 0) is 0 Å². The van der Waals surface area contributed by atoms with E-state index >= 15 is 0 Å². The van der Waals surface area contributed by atoms with Crippen molar-refractivity contribution in [3.63, 3.8) is 0 Å². The molecule has 5 nitrogen and oxygen atoms in total. The normalized spacial score (nSPS) is 10.7. The fraction of sp³-hybridized carbons (Fsp3) is 0.286. The molecule has 0 aliphatic rings. The Hall–Kier alpha value is -1.60. The van der Waals surface area contributed by atoms with Gasteiger partial charge in [-0.2, -0.15) is 0 Å². The van der Waals surface area contributed by atoms with Crippen LogP contribution in [0, 0.1) is 6.92 Å². The minimum Gasteiger partial charge on any atom is -0.382 e. The maximum atomic E-state index is 12.3. The van der Waals surface area contributed by atoms with Crippen molar-refractivity contribution in [1.29, 1.82) is 0 Å². The molecule has 1 heterocycles. The van der Waals surface area contributed by atoms with E-state index in [1.807, 2.05) is 39.0 Å². The molecule has 21 heavy (non-hydrogen) atoms. The lowest BCUT2D eigenvalue weighted by molar-refractivity contribution is 0.103. The van der Waals surface area contributed by atoms with E-state index in [-0.39, 0.29) is 17.8 Å². The van der Waals surface area contributed by atoms with Crippen molar-refractivity contribution < 1.29 is 4.79 Å². The zero-order chi connectivity index (χ0) is 15.6. The first-order chi connectivity index (χ1) is 9.86. The number of nitrogen functional groups attached to an aromatic ring is 1. The maximum absolute atomic E-state index is 12.3. The first-order valence-electron chi connectivity index (χ1n) is 6.47. The molecule has 2 rings (SSSR count). The lowest BCUT2D eigenvalue weighted by atomic mass is 10.2. The lowest BCUT2D eigenvalue weighted by Crippen LogP contribution is -2.13. The Bertz CT molecular complexity index is 669. The van der Waals surface area contributed by atoms with Crippen LogP contribution in [0.4, 0.5) is 16.6 Å². The Kier molecular flexibility index (Phi) is 4.84. The lowest BCUT2D eigenvalue weighted by Gasteiger charge is -2.07. The van der Waals surface area contributed by atoms with E-state index < -0.39 is 0 Å². The molecule has 0 fully saturated rings. The third kappa shape index (κ3) is 3.95. The number of carbonyl (C=O) groups excluding carboxylic acids is 1. The van der Waals surface area contributed by atoms with E-state index in [2.05, 4.69) is 31.5 Å². The Labute approximate surface area is 136 Å². The smallest absolute Gasteiger partial charge is 0.269 e. The minimum absolute atomic E-state index is 0.236. The van der Waals surface area contributed by atoms with Gasteiger partial charge in [0.1, 0.15) is 10.7 Å². The third-order valence-corrected chi connectivity index (χ3v) is 4.20. The third-order valence-electron chi connectivity index (χ3n) is 2.71. The van der Waals surface area contributed by atoms with Gasteiger partial charge in [0.25, 0.3) is 5.91 Å². The molecule has 0 radical (unpaired) electrons. The first-order valence-corrected chi connectivity index (χ1v) is 8.08. The molecule has 0 aliphatic heterocycles. The Morgan fingerprint density at radius 3 is 2.76 bits per heavy atom. The second-order valence-electron chi connectivity index (χ2n) is 4.95. The summed E-state index contributed by atoms with van der Waals surface area (Å²) in [6, 6.07) is 5.91. The number of rotatable bonds is 4. The second-order valence-corrected chi connectivity index (χ2v) is 6.86. The van der Waals surface area contributed by atoms with Gasteiger partial charge in [-0.1, -0.05) is 27.3 Å². The van der Waals surface area contributed by atoms with E-state index in [4.69, 9.17) is 5.73 Å². The van der Waals surface area contributed by atoms with E-state index in [1.165, 1.54) is 11.3 Å². The highest BCUT2D eigenvalue weighted by molar-refractivity contribution is 9.10.